The number of rotatable bonds is 22. The van der Waals surface area contributed by atoms with E-state index in [1.807, 2.05) is 6.92 Å². The molecule has 70 heavy (non-hydrogen) atoms. The van der Waals surface area contributed by atoms with E-state index in [0.717, 1.165) is 4.90 Å². The van der Waals surface area contributed by atoms with E-state index in [0.29, 0.717) is 47.5 Å². The van der Waals surface area contributed by atoms with Crippen LogP contribution in [0.25, 0.3) is 22.1 Å². The number of aliphatic imine (C=N–C) groups is 1. The van der Waals surface area contributed by atoms with Crippen molar-refractivity contribution in [3.05, 3.63) is 76.8 Å². The maximum atomic E-state index is 13.9. The third-order valence-electron chi connectivity index (χ3n) is 11.0. The van der Waals surface area contributed by atoms with Crippen molar-refractivity contribution in [3.8, 4) is 11.5 Å². The first-order valence-corrected chi connectivity index (χ1v) is 22.8. The fourth-order valence-electron chi connectivity index (χ4n) is 7.69. The van der Waals surface area contributed by atoms with E-state index >= 15 is 0 Å². The maximum Gasteiger partial charge on any atom is 0.276 e. The number of nitrogens with one attached hydrogen (secondary N) is 2. The molecule has 0 radical (unpaired) electrons. The monoisotopic (exact) mass is 980 g/mol. The lowest BCUT2D eigenvalue weighted by atomic mass is 10.1. The number of ether oxygens (including phenoxy) is 2. The number of benzene rings is 2. The Kier molecular flexibility index (Phi) is 16.4. The lowest BCUT2D eigenvalue weighted by molar-refractivity contribution is -0.139. The number of likely N-dealkylation sites (tertiary alicyclic amines) is 1. The van der Waals surface area contributed by atoms with Crippen LogP contribution in [-0.4, -0.2) is 131 Å². The number of nitrogens with two attached hydrogens (primary N) is 3. The molecule has 1 aliphatic heterocycles. The molecule has 23 nitrogen and oxygen atoms in total. The lowest BCUT2D eigenvalue weighted by Gasteiger charge is -2.20. The lowest BCUT2D eigenvalue weighted by Crippen LogP contribution is -2.36. The van der Waals surface area contributed by atoms with E-state index in [4.69, 9.17) is 31.7 Å². The minimum atomic E-state index is -0.755. The fraction of sp³-hybridized carbons (Fsp3) is 0.370. The number of carbonyl (C=O) groups excluding carboxylic acids is 7. The van der Waals surface area contributed by atoms with Gasteiger partial charge in [-0.2, -0.15) is 17.7 Å². The van der Waals surface area contributed by atoms with Gasteiger partial charge in [-0.15, -0.1) is 0 Å². The number of amides is 7. The summed E-state index contributed by atoms with van der Waals surface area (Å²) in [7, 11) is 3.02. The quantitative estimate of drug-likeness (QED) is 0.0191. The minimum Gasteiger partial charge on any atom is -0.494 e. The number of methoxy groups -OCH3 is 1. The van der Waals surface area contributed by atoms with Crippen LogP contribution < -0.4 is 37.3 Å². The molecule has 1 saturated heterocycles. The first-order valence-electron chi connectivity index (χ1n) is 22.3. The standard InChI is InChI=1S/C46H56N14O9S/c1-7-50-31(18-25(3)47)42(65)53-45-51-29-20-27(40(48)63)22-33(68-6)38(29)58(45)14-9-10-15-59-39-30(52-46(59)54-43(66)32-19-26(4)55-60(32)8-2)21-28(41(49)64)23-34(39)69-17-11-13-56(5)36(61)12-16-57-37(62)24-35(70)44(57)67/h9-10,18-23,35,70H,7-8,11-17,24,47H2,1-6H3,(H2,48,63)(H2,49,64)(H,51,53,65)(H,52,54,66)/b10-9+,25-18-,50-31?. The molecule has 6 rings (SSSR count). The number of allylic oxidation sites excluding steroid dienone is 3. The van der Waals surface area contributed by atoms with Gasteiger partial charge < -0.3 is 40.7 Å². The SMILES string of the molecule is CCN=C(/C=C(/C)N)C(=O)Nc1nc2cc(C(N)=O)cc(OC)c2n1C/C=C/Cn1c(NC(=O)c2cc(C)nn2CC)nc2cc(C(N)=O)cc(OCCCN(C)C(=O)CCN3C(=O)CC(S)C3=O)c21. The Labute approximate surface area is 407 Å². The van der Waals surface area contributed by atoms with Gasteiger partial charge in [0, 0.05) is 76.0 Å². The minimum absolute atomic E-state index is 0.00671. The number of aromatic nitrogens is 6. The smallest absolute Gasteiger partial charge is 0.276 e. The number of hydrogen-bond acceptors (Lipinski definition) is 15. The van der Waals surface area contributed by atoms with Crippen LogP contribution in [0.5, 0.6) is 11.5 Å². The third-order valence-corrected chi connectivity index (χ3v) is 11.4. The highest BCUT2D eigenvalue weighted by Gasteiger charge is 2.36. The van der Waals surface area contributed by atoms with Gasteiger partial charge in [-0.25, -0.2) is 9.97 Å². The van der Waals surface area contributed by atoms with Gasteiger partial charge in [0.15, 0.2) is 0 Å². The molecule has 370 valence electrons. The maximum absolute atomic E-state index is 13.9. The highest BCUT2D eigenvalue weighted by atomic mass is 32.1. The van der Waals surface area contributed by atoms with E-state index in [2.05, 4.69) is 38.3 Å². The number of aryl methyl sites for hydroxylation is 2. The Hall–Kier alpha value is -8.02. The third kappa shape index (κ3) is 11.6. The van der Waals surface area contributed by atoms with Crippen molar-refractivity contribution in [3.63, 3.8) is 0 Å². The van der Waals surface area contributed by atoms with E-state index in [1.54, 1.807) is 59.9 Å². The number of primary amides is 2. The van der Waals surface area contributed by atoms with E-state index in [-0.39, 0.29) is 109 Å². The van der Waals surface area contributed by atoms with Crippen LogP contribution >= 0.6 is 12.6 Å². The van der Waals surface area contributed by atoms with Gasteiger partial charge in [0.25, 0.3) is 11.8 Å². The second-order valence-corrected chi connectivity index (χ2v) is 16.8. The second kappa shape index (κ2) is 22.4. The van der Waals surface area contributed by atoms with Crippen molar-refractivity contribution in [1.29, 1.82) is 0 Å². The van der Waals surface area contributed by atoms with Crippen LogP contribution in [0.4, 0.5) is 11.9 Å². The first-order chi connectivity index (χ1) is 33.3. The van der Waals surface area contributed by atoms with Crippen molar-refractivity contribution >= 4 is 93.7 Å². The largest absolute Gasteiger partial charge is 0.494 e. The van der Waals surface area contributed by atoms with E-state index in [1.165, 1.54) is 42.4 Å². The molecule has 0 aliphatic carbocycles. The van der Waals surface area contributed by atoms with Crippen molar-refractivity contribution in [2.24, 2.45) is 22.2 Å². The summed E-state index contributed by atoms with van der Waals surface area (Å²) < 4.78 is 16.9. The van der Waals surface area contributed by atoms with E-state index < -0.39 is 34.8 Å². The van der Waals surface area contributed by atoms with Crippen LogP contribution in [0.15, 0.2) is 59.2 Å². The number of carbonyl (C=O) groups is 7. The Morgan fingerprint density at radius 2 is 1.51 bits per heavy atom. The van der Waals surface area contributed by atoms with E-state index in [9.17, 15) is 33.6 Å². The average Bonchev–Trinajstić information content (AvgIpc) is 4.04. The van der Waals surface area contributed by atoms with Gasteiger partial charge >= 0.3 is 0 Å². The number of imide groups is 1. The molecule has 3 aromatic heterocycles. The molecule has 24 heteroatoms. The van der Waals surface area contributed by atoms with Crippen LogP contribution in [0, 0.1) is 6.92 Å². The van der Waals surface area contributed by atoms with Gasteiger partial charge in [0.1, 0.15) is 33.9 Å². The topological polar surface area (TPSA) is 312 Å². The molecule has 1 aliphatic rings. The zero-order valence-corrected chi connectivity index (χ0v) is 40.5. The Morgan fingerprint density at radius 1 is 0.914 bits per heavy atom. The zero-order chi connectivity index (χ0) is 51.0. The molecule has 1 unspecified atom stereocenters. The van der Waals surface area contributed by atoms with Gasteiger partial charge in [-0.3, -0.25) is 58.8 Å². The first kappa shape index (κ1) is 51.4. The molecule has 8 N–H and O–H groups in total. The Morgan fingerprint density at radius 3 is 2.06 bits per heavy atom. The van der Waals surface area contributed by atoms with Gasteiger partial charge in [0.2, 0.25) is 41.4 Å². The van der Waals surface area contributed by atoms with Crippen LogP contribution in [0.1, 0.15) is 76.9 Å². The zero-order valence-electron chi connectivity index (χ0n) is 39.6. The Balaban J connectivity index is 1.33. The number of fused-ring (bicyclic) bond motifs is 2. The summed E-state index contributed by atoms with van der Waals surface area (Å²) in [5.74, 6) is -3.00. The molecular formula is C46H56N14O9S. The van der Waals surface area contributed by atoms with Crippen LogP contribution in [0.3, 0.4) is 0 Å². The number of thiol groups is 1. The van der Waals surface area contributed by atoms with Crippen molar-refractivity contribution < 1.29 is 43.0 Å². The predicted octanol–water partition coefficient (Wildman–Crippen LogP) is 2.56. The highest BCUT2D eigenvalue weighted by Crippen LogP contribution is 2.33. The average molecular weight is 981 g/mol. The van der Waals surface area contributed by atoms with Gasteiger partial charge in [-0.1, -0.05) is 12.2 Å². The predicted molar refractivity (Wildman–Crippen MR) is 264 cm³/mol. The van der Waals surface area contributed by atoms with Gasteiger partial charge in [-0.05, 0) is 70.5 Å². The molecule has 0 bridgehead atoms. The summed E-state index contributed by atoms with van der Waals surface area (Å²) in [4.78, 5) is 106. The molecule has 4 heterocycles. The highest BCUT2D eigenvalue weighted by molar-refractivity contribution is 7.81. The number of imidazole rings is 2. The summed E-state index contributed by atoms with van der Waals surface area (Å²) in [5.41, 5.74) is 20.2. The van der Waals surface area contributed by atoms with Gasteiger partial charge in [0.05, 0.1) is 35.7 Å². The summed E-state index contributed by atoms with van der Waals surface area (Å²) >= 11 is 4.14. The van der Waals surface area contributed by atoms with Crippen LogP contribution in [0.2, 0.25) is 0 Å². The Bertz CT molecular complexity index is 2980. The number of nitrogens with zero attached hydrogens (tertiary/aromatic N) is 9. The molecule has 7 amide bonds. The van der Waals surface area contributed by atoms with Crippen molar-refractivity contribution in [2.75, 3.05) is 51.0 Å². The molecule has 2 aromatic carbocycles. The van der Waals surface area contributed by atoms with Crippen molar-refractivity contribution in [1.82, 2.24) is 38.7 Å². The second-order valence-electron chi connectivity index (χ2n) is 16.2. The molecule has 0 spiro atoms. The molecule has 0 saturated carbocycles. The molecule has 1 atom stereocenters. The summed E-state index contributed by atoms with van der Waals surface area (Å²) in [5, 5.41) is 9.40. The molecule has 1 fully saturated rings. The summed E-state index contributed by atoms with van der Waals surface area (Å²) in [6, 6.07) is 7.55. The van der Waals surface area contributed by atoms with Crippen LogP contribution in [-0.2, 0) is 38.8 Å². The number of hydrogen-bond donors (Lipinski definition) is 6. The fourth-order valence-corrected chi connectivity index (χ4v) is 7.99. The summed E-state index contributed by atoms with van der Waals surface area (Å²) in [6.45, 7) is 8.13. The normalized spacial score (nSPS) is 14.3. The summed E-state index contributed by atoms with van der Waals surface area (Å²) in [6.07, 6.45) is 5.25. The molecule has 5 aromatic rings. The number of anilines is 2. The molecular weight excluding hydrogens is 925 g/mol. The van der Waals surface area contributed by atoms with Crippen molar-refractivity contribution in [2.45, 2.75) is 71.8 Å².